The summed E-state index contributed by atoms with van der Waals surface area (Å²) in [7, 11) is 1.66. The second kappa shape index (κ2) is 7.17. The van der Waals surface area contributed by atoms with Gasteiger partial charge in [-0.1, -0.05) is 54.2 Å². The quantitative estimate of drug-likeness (QED) is 0.575. The second-order valence-corrected chi connectivity index (χ2v) is 8.70. The number of methoxy groups -OCH3 is 1. The molecule has 3 aromatic rings. The molecule has 1 saturated heterocycles. The number of rotatable bonds is 2. The lowest BCUT2D eigenvalue weighted by Crippen LogP contribution is -2.37. The van der Waals surface area contributed by atoms with E-state index in [1.165, 1.54) is 11.8 Å². The maximum Gasteiger partial charge on any atom is 0.239 e. The molecule has 31 heavy (non-hydrogen) atoms. The van der Waals surface area contributed by atoms with Crippen LogP contribution in [0.15, 0.2) is 71.2 Å². The molecule has 0 aromatic heterocycles. The van der Waals surface area contributed by atoms with Crippen molar-refractivity contribution in [1.82, 2.24) is 4.90 Å². The molecule has 0 radical (unpaired) electrons. The summed E-state index contributed by atoms with van der Waals surface area (Å²) in [6, 6.07) is 20.3. The number of nitrogens with zero attached hydrogens (tertiary/aromatic N) is 2. The summed E-state index contributed by atoms with van der Waals surface area (Å²) in [6.07, 6.45) is 0.709. The van der Waals surface area contributed by atoms with Crippen LogP contribution in [0.4, 0.5) is 0 Å². The van der Waals surface area contributed by atoms with Gasteiger partial charge in [-0.25, -0.2) is 4.99 Å². The van der Waals surface area contributed by atoms with Crippen LogP contribution < -0.4 is 9.47 Å². The number of fused-ring (bicyclic) bond motifs is 5. The standard InChI is InChI=1S/C25H20N2O3S/c1-29-17-9-6-16(7-10-17)23-19-12-13-30-24-18-5-3-2-4-15(18)8-11-20(24)22(19)26-25-27(23)21(28)14-31-25/h2-11,23H,12-14H2,1H3. The van der Waals surface area contributed by atoms with Crippen molar-refractivity contribution in [3.63, 3.8) is 0 Å². The monoisotopic (exact) mass is 428 g/mol. The van der Waals surface area contributed by atoms with Crippen molar-refractivity contribution in [1.29, 1.82) is 0 Å². The van der Waals surface area contributed by atoms with E-state index in [1.807, 2.05) is 41.3 Å². The first-order valence-electron chi connectivity index (χ1n) is 10.3. The number of carbonyl (C=O) groups is 1. The fraction of sp³-hybridized carbons (Fsp3) is 0.200. The predicted molar refractivity (Wildman–Crippen MR) is 123 cm³/mol. The summed E-state index contributed by atoms with van der Waals surface area (Å²) < 4.78 is 11.6. The maximum atomic E-state index is 12.8. The molecule has 154 valence electrons. The van der Waals surface area contributed by atoms with E-state index in [-0.39, 0.29) is 11.9 Å². The van der Waals surface area contributed by atoms with Gasteiger partial charge < -0.3 is 9.47 Å². The molecule has 6 rings (SSSR count). The van der Waals surface area contributed by atoms with Crippen molar-refractivity contribution >= 4 is 39.3 Å². The zero-order valence-corrected chi connectivity index (χ0v) is 17.8. The van der Waals surface area contributed by atoms with Crippen LogP contribution in [-0.2, 0) is 4.79 Å². The molecule has 1 unspecified atom stereocenters. The molecule has 0 N–H and O–H groups in total. The van der Waals surface area contributed by atoms with Gasteiger partial charge in [-0.15, -0.1) is 0 Å². The molecule has 1 atom stereocenters. The molecule has 1 amide bonds. The number of hydrogen-bond acceptors (Lipinski definition) is 5. The number of thioether (sulfide) groups is 1. The van der Waals surface area contributed by atoms with E-state index in [0.717, 1.165) is 49.8 Å². The zero-order chi connectivity index (χ0) is 20.9. The average Bonchev–Trinajstić information content (AvgIpc) is 3.07. The molecule has 3 aromatic carbocycles. The van der Waals surface area contributed by atoms with Gasteiger partial charge in [0.15, 0.2) is 5.17 Å². The molecule has 0 aliphatic carbocycles. The highest BCUT2D eigenvalue weighted by Crippen LogP contribution is 2.48. The first-order valence-corrected chi connectivity index (χ1v) is 11.3. The smallest absolute Gasteiger partial charge is 0.239 e. The summed E-state index contributed by atoms with van der Waals surface area (Å²) in [6.45, 7) is 0.548. The van der Waals surface area contributed by atoms with Crippen molar-refractivity contribution in [2.24, 2.45) is 4.99 Å². The van der Waals surface area contributed by atoms with Crippen LogP contribution in [0.1, 0.15) is 23.6 Å². The Kier molecular flexibility index (Phi) is 4.28. The highest BCUT2D eigenvalue weighted by atomic mass is 32.2. The van der Waals surface area contributed by atoms with E-state index >= 15 is 0 Å². The van der Waals surface area contributed by atoms with E-state index < -0.39 is 0 Å². The molecule has 1 fully saturated rings. The van der Waals surface area contributed by atoms with Crippen LogP contribution in [0.25, 0.3) is 16.5 Å². The van der Waals surface area contributed by atoms with Gasteiger partial charge in [-0.05, 0) is 34.7 Å². The van der Waals surface area contributed by atoms with Crippen molar-refractivity contribution in [2.45, 2.75) is 12.5 Å². The fourth-order valence-corrected chi connectivity index (χ4v) is 5.53. The third-order valence-corrected chi connectivity index (χ3v) is 7.02. The number of ether oxygens (including phenoxy) is 2. The number of amidine groups is 1. The molecular formula is C25H20N2O3S. The summed E-state index contributed by atoms with van der Waals surface area (Å²) >= 11 is 1.51. The third kappa shape index (κ3) is 2.86. The van der Waals surface area contributed by atoms with Gasteiger partial charge in [-0.2, -0.15) is 0 Å². The first-order chi connectivity index (χ1) is 15.2. The molecule has 3 aliphatic rings. The minimum absolute atomic E-state index is 0.0972. The average molecular weight is 429 g/mol. The summed E-state index contributed by atoms with van der Waals surface area (Å²) in [5.74, 6) is 2.20. The highest BCUT2D eigenvalue weighted by molar-refractivity contribution is 8.15. The Bertz CT molecular complexity index is 1280. The van der Waals surface area contributed by atoms with Crippen LogP contribution in [0, 0.1) is 0 Å². The number of carbonyl (C=O) groups excluding carboxylic acids is 1. The molecule has 3 aliphatic heterocycles. The largest absolute Gasteiger partial charge is 0.497 e. The molecule has 0 saturated carbocycles. The third-order valence-electron chi connectivity index (χ3n) is 6.08. The Balaban J connectivity index is 1.58. The van der Waals surface area contributed by atoms with E-state index in [9.17, 15) is 4.79 Å². The Morgan fingerprint density at radius 2 is 1.94 bits per heavy atom. The zero-order valence-electron chi connectivity index (χ0n) is 17.0. The molecule has 6 heteroatoms. The second-order valence-electron chi connectivity index (χ2n) is 7.76. The number of amides is 1. The van der Waals surface area contributed by atoms with Crippen LogP contribution in [0.3, 0.4) is 0 Å². The molecule has 0 bridgehead atoms. The van der Waals surface area contributed by atoms with E-state index in [2.05, 4.69) is 24.3 Å². The van der Waals surface area contributed by atoms with Crippen molar-refractivity contribution in [3.8, 4) is 11.5 Å². The molecule has 3 heterocycles. The van der Waals surface area contributed by atoms with Crippen LogP contribution >= 0.6 is 11.8 Å². The van der Waals surface area contributed by atoms with Crippen LogP contribution in [0.5, 0.6) is 11.5 Å². The summed E-state index contributed by atoms with van der Waals surface area (Å²) in [5.41, 5.74) is 4.11. The SMILES string of the molecule is COc1ccc(C2C3=C(N=C4SCC(=O)N42)c2ccc4ccccc4c2OCC3)cc1. The van der Waals surface area contributed by atoms with Gasteiger partial charge in [0.25, 0.3) is 0 Å². The van der Waals surface area contributed by atoms with Gasteiger partial charge in [0, 0.05) is 17.4 Å². The molecule has 0 spiro atoms. The summed E-state index contributed by atoms with van der Waals surface area (Å²) in [5, 5.41) is 3.01. The topological polar surface area (TPSA) is 51.1 Å². The lowest BCUT2D eigenvalue weighted by molar-refractivity contribution is -0.125. The van der Waals surface area contributed by atoms with Gasteiger partial charge in [0.05, 0.1) is 31.2 Å². The Labute approximate surface area is 184 Å². The molecular weight excluding hydrogens is 408 g/mol. The predicted octanol–water partition coefficient (Wildman–Crippen LogP) is 5.03. The number of aliphatic imine (C=N–C) groups is 1. The summed E-state index contributed by atoms with van der Waals surface area (Å²) in [4.78, 5) is 19.7. The van der Waals surface area contributed by atoms with Gasteiger partial charge in [-0.3, -0.25) is 9.69 Å². The van der Waals surface area contributed by atoms with Crippen molar-refractivity contribution in [3.05, 3.63) is 77.4 Å². The van der Waals surface area contributed by atoms with Gasteiger partial charge in [0.1, 0.15) is 11.5 Å². The van der Waals surface area contributed by atoms with Crippen molar-refractivity contribution in [2.75, 3.05) is 19.5 Å². The Hall–Kier alpha value is -3.25. The minimum Gasteiger partial charge on any atom is -0.497 e. The minimum atomic E-state index is -0.183. The van der Waals surface area contributed by atoms with Crippen LogP contribution in [-0.4, -0.2) is 35.4 Å². The fourth-order valence-electron chi connectivity index (χ4n) is 4.64. The number of hydrogen-bond donors (Lipinski definition) is 0. The maximum absolute atomic E-state index is 12.8. The molecule has 5 nitrogen and oxygen atoms in total. The van der Waals surface area contributed by atoms with Gasteiger partial charge in [0.2, 0.25) is 5.91 Å². The van der Waals surface area contributed by atoms with E-state index in [0.29, 0.717) is 18.8 Å². The van der Waals surface area contributed by atoms with Crippen molar-refractivity contribution < 1.29 is 14.3 Å². The Morgan fingerprint density at radius 1 is 1.10 bits per heavy atom. The highest BCUT2D eigenvalue weighted by Gasteiger charge is 2.42. The lowest BCUT2D eigenvalue weighted by atomic mass is 9.90. The van der Waals surface area contributed by atoms with E-state index in [4.69, 9.17) is 14.5 Å². The van der Waals surface area contributed by atoms with Gasteiger partial charge >= 0.3 is 0 Å². The van der Waals surface area contributed by atoms with E-state index in [1.54, 1.807) is 7.11 Å². The first kappa shape index (κ1) is 18.5. The lowest BCUT2D eigenvalue weighted by Gasteiger charge is -2.34. The normalized spacial score (nSPS) is 19.9. The Morgan fingerprint density at radius 3 is 2.77 bits per heavy atom. The van der Waals surface area contributed by atoms with Crippen LogP contribution in [0.2, 0.25) is 0 Å². The number of benzene rings is 3.